The molecule has 1 rings (SSSR count). The lowest BCUT2D eigenvalue weighted by atomic mass is 10.7. The highest BCUT2D eigenvalue weighted by Crippen LogP contribution is 1.88. The minimum atomic E-state index is 0.447. The highest BCUT2D eigenvalue weighted by atomic mass is 15.3. The zero-order chi connectivity index (χ0) is 5.28. The summed E-state index contributed by atoms with van der Waals surface area (Å²) in [5.41, 5.74) is 5.19. The summed E-state index contributed by atoms with van der Waals surface area (Å²) in [7, 11) is 1.80. The van der Waals surface area contributed by atoms with Crippen molar-refractivity contribution in [2.45, 2.75) is 0 Å². The number of nitrogen functional groups attached to an aromatic ring is 1. The lowest BCUT2D eigenvalue weighted by Crippen LogP contribution is -1.89. The smallest absolute Gasteiger partial charge is 0.153 e. The molecule has 1 heterocycles. The monoisotopic (exact) mass is 96.1 g/mol. The molecule has 0 aliphatic carbocycles. The second-order valence-electron chi connectivity index (χ2n) is 1.33. The fraction of sp³-hybridized carbons (Fsp3) is 0.250. The first-order valence-electron chi connectivity index (χ1n) is 1.96. The Morgan fingerprint density at radius 3 is 2.86 bits per heavy atom. The number of aromatic nitrogens is 2. The van der Waals surface area contributed by atoms with Crippen LogP contribution in [-0.2, 0) is 7.05 Å². The fourth-order valence-electron chi connectivity index (χ4n) is 0.387. The number of hydrogen-bond donors (Lipinski definition) is 1. The van der Waals surface area contributed by atoms with Crippen molar-refractivity contribution in [3.8, 4) is 0 Å². The van der Waals surface area contributed by atoms with Crippen LogP contribution < -0.4 is 5.73 Å². The average Bonchev–Trinajstić information content (AvgIpc) is 1.87. The van der Waals surface area contributed by atoms with E-state index in [2.05, 4.69) is 11.2 Å². The first kappa shape index (κ1) is 4.18. The average molecular weight is 96.1 g/mol. The largest absolute Gasteiger partial charge is 0.382 e. The van der Waals surface area contributed by atoms with Gasteiger partial charge >= 0.3 is 0 Å². The highest BCUT2D eigenvalue weighted by molar-refractivity contribution is 5.21. The summed E-state index contributed by atoms with van der Waals surface area (Å²) in [6, 6.07) is 2.70. The molecule has 3 heteroatoms. The number of nitrogens with two attached hydrogens (primary N) is 1. The van der Waals surface area contributed by atoms with E-state index < -0.39 is 0 Å². The molecule has 0 saturated carbocycles. The molecule has 0 unspecified atom stereocenters. The normalized spacial score (nSPS) is 9.29. The Kier molecular flexibility index (Phi) is 0.749. The van der Waals surface area contributed by atoms with Crippen molar-refractivity contribution in [3.05, 3.63) is 12.3 Å². The maximum atomic E-state index is 5.19. The topological polar surface area (TPSA) is 43.8 Å². The molecule has 0 spiro atoms. The first-order valence-corrected chi connectivity index (χ1v) is 1.96. The molecule has 0 saturated heterocycles. The van der Waals surface area contributed by atoms with Crippen LogP contribution in [0.3, 0.4) is 0 Å². The van der Waals surface area contributed by atoms with E-state index in [0.717, 1.165) is 0 Å². The van der Waals surface area contributed by atoms with Crippen molar-refractivity contribution < 1.29 is 0 Å². The van der Waals surface area contributed by atoms with Crippen LogP contribution >= 0.6 is 0 Å². The molecule has 0 bridgehead atoms. The van der Waals surface area contributed by atoms with Gasteiger partial charge in [-0.1, -0.05) is 0 Å². The third-order valence-electron chi connectivity index (χ3n) is 0.665. The van der Waals surface area contributed by atoms with Crippen LogP contribution in [0.4, 0.5) is 5.82 Å². The van der Waals surface area contributed by atoms with Gasteiger partial charge in [-0.3, -0.25) is 4.68 Å². The lowest BCUT2D eigenvalue weighted by molar-refractivity contribution is 0.772. The third kappa shape index (κ3) is 0.707. The van der Waals surface area contributed by atoms with Crippen molar-refractivity contribution in [1.82, 2.24) is 9.78 Å². The van der Waals surface area contributed by atoms with Gasteiger partial charge in [-0.15, -0.1) is 0 Å². The van der Waals surface area contributed by atoms with Crippen LogP contribution in [0.15, 0.2) is 6.20 Å². The molecular weight excluding hydrogens is 90.1 g/mol. The second-order valence-corrected chi connectivity index (χ2v) is 1.33. The zero-order valence-electron chi connectivity index (χ0n) is 4.05. The number of rotatable bonds is 0. The van der Waals surface area contributed by atoms with E-state index in [1.54, 1.807) is 17.9 Å². The van der Waals surface area contributed by atoms with Gasteiger partial charge in [-0.25, -0.2) is 0 Å². The van der Waals surface area contributed by atoms with Crippen LogP contribution in [0.25, 0.3) is 0 Å². The van der Waals surface area contributed by atoms with Gasteiger partial charge < -0.3 is 5.73 Å². The molecule has 0 aliphatic heterocycles. The first-order chi connectivity index (χ1) is 3.29. The van der Waals surface area contributed by atoms with E-state index >= 15 is 0 Å². The number of anilines is 1. The van der Waals surface area contributed by atoms with Gasteiger partial charge in [0.05, 0.1) is 0 Å². The van der Waals surface area contributed by atoms with E-state index in [0.29, 0.717) is 5.82 Å². The summed E-state index contributed by atoms with van der Waals surface area (Å²) in [5, 5.41) is 3.75. The van der Waals surface area contributed by atoms with Crippen LogP contribution in [0.5, 0.6) is 0 Å². The number of aryl methyl sites for hydroxylation is 1. The Labute approximate surface area is 41.7 Å². The summed E-state index contributed by atoms with van der Waals surface area (Å²) in [6.07, 6.45) is 1.68. The molecule has 0 aromatic carbocycles. The van der Waals surface area contributed by atoms with Crippen molar-refractivity contribution in [2.75, 3.05) is 5.73 Å². The summed E-state index contributed by atoms with van der Waals surface area (Å²) in [4.78, 5) is 0. The summed E-state index contributed by atoms with van der Waals surface area (Å²) < 4.78 is 1.61. The van der Waals surface area contributed by atoms with Gasteiger partial charge in [-0.05, 0) is 0 Å². The Bertz CT molecular complexity index is 139. The van der Waals surface area contributed by atoms with E-state index in [4.69, 9.17) is 5.73 Å². The number of hydrogen-bond acceptors (Lipinski definition) is 2. The second kappa shape index (κ2) is 1.26. The summed E-state index contributed by atoms with van der Waals surface area (Å²) in [5.74, 6) is 0.447. The highest BCUT2D eigenvalue weighted by Gasteiger charge is 1.83. The molecular formula is C4H6N3. The van der Waals surface area contributed by atoms with Crippen molar-refractivity contribution in [1.29, 1.82) is 0 Å². The van der Waals surface area contributed by atoms with E-state index in [9.17, 15) is 0 Å². The van der Waals surface area contributed by atoms with Gasteiger partial charge in [0.15, 0.2) is 5.82 Å². The Balaban J connectivity index is 3.04. The van der Waals surface area contributed by atoms with Crippen molar-refractivity contribution in [2.24, 2.45) is 7.05 Å². The minimum absolute atomic E-state index is 0.447. The molecule has 1 aromatic heterocycles. The Morgan fingerprint density at radius 1 is 2.00 bits per heavy atom. The number of nitrogens with zero attached hydrogens (tertiary/aromatic N) is 2. The van der Waals surface area contributed by atoms with Crippen LogP contribution in [0.2, 0.25) is 0 Å². The third-order valence-corrected chi connectivity index (χ3v) is 0.665. The maximum absolute atomic E-state index is 5.19. The van der Waals surface area contributed by atoms with Gasteiger partial charge in [-0.2, -0.15) is 5.10 Å². The van der Waals surface area contributed by atoms with Crippen LogP contribution in [0.1, 0.15) is 0 Å². The Hall–Kier alpha value is -0.990. The molecule has 2 N–H and O–H groups in total. The molecule has 7 heavy (non-hydrogen) atoms. The summed E-state index contributed by atoms with van der Waals surface area (Å²) >= 11 is 0. The van der Waals surface area contributed by atoms with E-state index in [1.807, 2.05) is 0 Å². The molecule has 0 amide bonds. The molecule has 1 aromatic rings. The molecule has 0 aliphatic rings. The van der Waals surface area contributed by atoms with Gasteiger partial charge in [0.1, 0.15) is 0 Å². The Morgan fingerprint density at radius 2 is 2.71 bits per heavy atom. The molecule has 1 radical (unpaired) electrons. The van der Waals surface area contributed by atoms with Crippen LogP contribution in [-0.4, -0.2) is 9.78 Å². The maximum Gasteiger partial charge on any atom is 0.153 e. The van der Waals surface area contributed by atoms with Gasteiger partial charge in [0.25, 0.3) is 0 Å². The van der Waals surface area contributed by atoms with Gasteiger partial charge in [0, 0.05) is 19.3 Å². The van der Waals surface area contributed by atoms with Gasteiger partial charge in [0.2, 0.25) is 0 Å². The van der Waals surface area contributed by atoms with Crippen LogP contribution in [0, 0.1) is 6.07 Å². The quantitative estimate of drug-likeness (QED) is 0.486. The lowest BCUT2D eigenvalue weighted by Gasteiger charge is -1.79. The SMILES string of the molecule is Cn1c[c]c(N)n1. The molecule has 0 fully saturated rings. The van der Waals surface area contributed by atoms with Crippen molar-refractivity contribution >= 4 is 5.82 Å². The standard InChI is InChI=1S/C4H6N3/c1-7-3-2-4(5)6-7/h3H,1H3,(H2,5,6). The predicted octanol–water partition coefficient (Wildman–Crippen LogP) is -0.198. The zero-order valence-corrected chi connectivity index (χ0v) is 4.05. The fourth-order valence-corrected chi connectivity index (χ4v) is 0.387. The van der Waals surface area contributed by atoms with Crippen molar-refractivity contribution in [3.63, 3.8) is 0 Å². The minimum Gasteiger partial charge on any atom is -0.382 e. The van der Waals surface area contributed by atoms with E-state index in [1.165, 1.54) is 0 Å². The molecule has 0 atom stereocenters. The molecule has 3 nitrogen and oxygen atoms in total. The predicted molar refractivity (Wildman–Crippen MR) is 26.5 cm³/mol. The summed E-state index contributed by atoms with van der Waals surface area (Å²) in [6.45, 7) is 0. The van der Waals surface area contributed by atoms with E-state index in [-0.39, 0.29) is 0 Å². The molecule has 37 valence electrons.